The van der Waals surface area contributed by atoms with Crippen molar-refractivity contribution in [1.29, 1.82) is 0 Å². The molecule has 1 saturated carbocycles. The molecular formula is C24H21FN4O5. The average molecular weight is 464 g/mol. The van der Waals surface area contributed by atoms with E-state index in [4.69, 9.17) is 9.57 Å². The molecule has 10 heteroatoms. The summed E-state index contributed by atoms with van der Waals surface area (Å²) in [5, 5.41) is 13.7. The zero-order chi connectivity index (χ0) is 23.6. The van der Waals surface area contributed by atoms with Crippen LogP contribution in [0.25, 0.3) is 10.9 Å². The van der Waals surface area contributed by atoms with Crippen LogP contribution >= 0.6 is 0 Å². The molecule has 3 aromatic rings. The molecule has 2 atom stereocenters. The Morgan fingerprint density at radius 3 is 2.79 bits per heavy atom. The van der Waals surface area contributed by atoms with Gasteiger partial charge in [0, 0.05) is 25.0 Å². The molecule has 0 amide bonds. The van der Waals surface area contributed by atoms with Crippen LogP contribution in [0.2, 0.25) is 0 Å². The van der Waals surface area contributed by atoms with Crippen molar-refractivity contribution in [2.45, 2.75) is 25.0 Å². The number of hydrogen-bond donors (Lipinski definition) is 1. The van der Waals surface area contributed by atoms with Crippen LogP contribution in [0.4, 0.5) is 10.1 Å². The summed E-state index contributed by atoms with van der Waals surface area (Å²) in [6.07, 6.45) is 4.46. The molecule has 0 bridgehead atoms. The van der Waals surface area contributed by atoms with E-state index in [1.54, 1.807) is 10.8 Å². The fourth-order valence-electron chi connectivity index (χ4n) is 4.99. The van der Waals surface area contributed by atoms with Crippen LogP contribution in [0, 0.1) is 11.7 Å². The maximum absolute atomic E-state index is 15.6. The van der Waals surface area contributed by atoms with Crippen LogP contribution in [0.15, 0.2) is 46.6 Å². The smallest absolute Gasteiger partial charge is 0.341 e. The highest BCUT2D eigenvalue weighted by Gasteiger charge is 2.45. The number of ether oxygens (including phenoxy) is 1. The van der Waals surface area contributed by atoms with E-state index in [1.807, 2.05) is 23.1 Å². The third-order valence-electron chi connectivity index (χ3n) is 6.72. The number of rotatable bonds is 5. The van der Waals surface area contributed by atoms with Gasteiger partial charge in [0.25, 0.3) is 0 Å². The summed E-state index contributed by atoms with van der Waals surface area (Å²) in [5.41, 5.74) is 0.960. The Labute approximate surface area is 193 Å². The standard InChI is InChI=1S/C24H21FN4O5/c1-33-23-20-13(22(30)15(24(31)32)10-29(20)12-5-6-12)8-16(25)21(23)28-9-14-18(11-28)34-27-19(14)17-4-2-3-7-26-17/h2-4,7-8,10,12,14,18H,5-6,9,11H2,1H3,(H,31,32). The molecule has 9 nitrogen and oxygen atoms in total. The number of hydrogen-bond acceptors (Lipinski definition) is 7. The Morgan fingerprint density at radius 1 is 1.29 bits per heavy atom. The lowest BCUT2D eigenvalue weighted by Gasteiger charge is -2.25. The highest BCUT2D eigenvalue weighted by molar-refractivity contribution is 6.02. The van der Waals surface area contributed by atoms with Crippen molar-refractivity contribution in [3.05, 3.63) is 64.0 Å². The number of carboxylic acids is 1. The third-order valence-corrected chi connectivity index (χ3v) is 6.72. The third kappa shape index (κ3) is 3.05. The quantitative estimate of drug-likeness (QED) is 0.619. The van der Waals surface area contributed by atoms with Gasteiger partial charge in [-0.1, -0.05) is 11.2 Å². The van der Waals surface area contributed by atoms with E-state index < -0.39 is 17.2 Å². The van der Waals surface area contributed by atoms with Crippen molar-refractivity contribution < 1.29 is 23.9 Å². The zero-order valence-corrected chi connectivity index (χ0v) is 18.3. The van der Waals surface area contributed by atoms with E-state index >= 15 is 4.39 Å². The summed E-state index contributed by atoms with van der Waals surface area (Å²) >= 11 is 0. The zero-order valence-electron chi connectivity index (χ0n) is 18.3. The highest BCUT2D eigenvalue weighted by Crippen LogP contribution is 2.45. The van der Waals surface area contributed by atoms with E-state index in [0.29, 0.717) is 30.0 Å². The summed E-state index contributed by atoms with van der Waals surface area (Å²) < 4.78 is 23.0. The van der Waals surface area contributed by atoms with Crippen LogP contribution in [0.5, 0.6) is 5.75 Å². The molecule has 1 aliphatic carbocycles. The lowest BCUT2D eigenvalue weighted by Crippen LogP contribution is -2.26. The summed E-state index contributed by atoms with van der Waals surface area (Å²) in [6, 6.07) is 6.72. The minimum absolute atomic E-state index is 0.00345. The number of carbonyl (C=O) groups is 1. The van der Waals surface area contributed by atoms with Gasteiger partial charge in [0.05, 0.1) is 36.2 Å². The number of anilines is 1. The lowest BCUT2D eigenvalue weighted by molar-refractivity contribution is 0.0694. The molecule has 174 valence electrons. The highest BCUT2D eigenvalue weighted by atomic mass is 19.1. The first-order chi connectivity index (χ1) is 16.5. The minimum Gasteiger partial charge on any atom is -0.492 e. The van der Waals surface area contributed by atoms with Crippen LogP contribution < -0.4 is 15.1 Å². The number of benzene rings is 1. The Hall–Kier alpha value is -3.95. The van der Waals surface area contributed by atoms with Gasteiger partial charge in [0.1, 0.15) is 17.0 Å². The van der Waals surface area contributed by atoms with Gasteiger partial charge in [-0.2, -0.15) is 0 Å². The van der Waals surface area contributed by atoms with Crippen molar-refractivity contribution in [3.8, 4) is 5.75 Å². The first-order valence-electron chi connectivity index (χ1n) is 11.1. The molecule has 1 aromatic carbocycles. The minimum atomic E-state index is -1.34. The molecule has 3 aliphatic rings. The molecular weight excluding hydrogens is 443 g/mol. The van der Waals surface area contributed by atoms with Gasteiger partial charge < -0.3 is 24.1 Å². The summed E-state index contributed by atoms with van der Waals surface area (Å²) in [6.45, 7) is 0.809. The maximum Gasteiger partial charge on any atom is 0.341 e. The number of nitrogens with zero attached hydrogens (tertiary/aromatic N) is 4. The normalized spacial score (nSPS) is 21.4. The van der Waals surface area contributed by atoms with Gasteiger partial charge in [-0.3, -0.25) is 9.78 Å². The first kappa shape index (κ1) is 20.6. The maximum atomic E-state index is 15.6. The Balaban J connectivity index is 1.47. The fraction of sp³-hybridized carbons (Fsp3) is 0.333. The second-order valence-electron chi connectivity index (χ2n) is 8.80. The number of methoxy groups -OCH3 is 1. The molecule has 1 saturated heterocycles. The van der Waals surface area contributed by atoms with Gasteiger partial charge in [-0.05, 0) is 31.0 Å². The number of fused-ring (bicyclic) bond motifs is 2. The van der Waals surface area contributed by atoms with Crippen LogP contribution in [-0.4, -0.2) is 52.6 Å². The SMILES string of the molecule is COc1c(N2CC3ON=C(c4ccccn4)C3C2)c(F)cc2c(=O)c(C(=O)O)cn(C3CC3)c12. The summed E-state index contributed by atoms with van der Waals surface area (Å²) in [7, 11) is 1.43. The van der Waals surface area contributed by atoms with E-state index in [9.17, 15) is 14.7 Å². The molecule has 0 radical (unpaired) electrons. The largest absolute Gasteiger partial charge is 0.492 e. The predicted molar refractivity (Wildman–Crippen MR) is 121 cm³/mol. The van der Waals surface area contributed by atoms with Gasteiger partial charge in [0.15, 0.2) is 17.7 Å². The topological polar surface area (TPSA) is 106 Å². The molecule has 1 N–H and O–H groups in total. The summed E-state index contributed by atoms with van der Waals surface area (Å²) in [4.78, 5) is 36.4. The molecule has 6 rings (SSSR count). The molecule has 2 fully saturated rings. The van der Waals surface area contributed by atoms with Crippen molar-refractivity contribution in [3.63, 3.8) is 0 Å². The lowest BCUT2D eigenvalue weighted by atomic mass is 9.98. The predicted octanol–water partition coefficient (Wildman–Crippen LogP) is 2.82. The molecule has 4 heterocycles. The average Bonchev–Trinajstić information content (AvgIpc) is 3.47. The second-order valence-corrected chi connectivity index (χ2v) is 8.80. The van der Waals surface area contributed by atoms with Crippen molar-refractivity contribution in [2.24, 2.45) is 11.1 Å². The number of carboxylic acid groups (broad SMARTS) is 1. The van der Waals surface area contributed by atoms with Gasteiger partial charge in [0.2, 0.25) is 5.43 Å². The Morgan fingerprint density at radius 2 is 2.12 bits per heavy atom. The first-order valence-corrected chi connectivity index (χ1v) is 11.1. The second kappa shape index (κ2) is 7.54. The number of pyridine rings is 2. The Kier molecular flexibility index (Phi) is 4.58. The molecule has 2 unspecified atom stereocenters. The van der Waals surface area contributed by atoms with Gasteiger partial charge in [-0.15, -0.1) is 0 Å². The van der Waals surface area contributed by atoms with Crippen molar-refractivity contribution >= 4 is 28.3 Å². The number of oxime groups is 1. The number of halogens is 1. The van der Waals surface area contributed by atoms with Crippen LogP contribution in [-0.2, 0) is 4.84 Å². The van der Waals surface area contributed by atoms with Crippen LogP contribution in [0.3, 0.4) is 0 Å². The van der Waals surface area contributed by atoms with E-state index in [0.717, 1.165) is 18.9 Å². The summed E-state index contributed by atoms with van der Waals surface area (Å²) in [5.74, 6) is -1.87. The molecule has 2 aromatic heterocycles. The van der Waals surface area contributed by atoms with Crippen molar-refractivity contribution in [2.75, 3.05) is 25.1 Å². The fourth-order valence-corrected chi connectivity index (χ4v) is 4.99. The van der Waals surface area contributed by atoms with E-state index in [2.05, 4.69) is 10.1 Å². The van der Waals surface area contributed by atoms with Crippen molar-refractivity contribution in [1.82, 2.24) is 9.55 Å². The van der Waals surface area contributed by atoms with Gasteiger partial charge in [-0.25, -0.2) is 9.18 Å². The van der Waals surface area contributed by atoms with Crippen LogP contribution in [0.1, 0.15) is 34.9 Å². The molecule has 0 spiro atoms. The molecule has 34 heavy (non-hydrogen) atoms. The number of aromatic nitrogens is 2. The van der Waals surface area contributed by atoms with E-state index in [1.165, 1.54) is 13.3 Å². The van der Waals surface area contributed by atoms with Gasteiger partial charge >= 0.3 is 5.97 Å². The molecule has 2 aliphatic heterocycles. The van der Waals surface area contributed by atoms with E-state index in [-0.39, 0.29) is 40.5 Å². The monoisotopic (exact) mass is 464 g/mol. The number of aromatic carboxylic acids is 1. The Bertz CT molecular complexity index is 1420.